The molecular formula is C14H22BrN3O. The monoisotopic (exact) mass is 327 g/mol. The Morgan fingerprint density at radius 3 is 2.58 bits per heavy atom. The molecule has 0 aromatic carbocycles. The summed E-state index contributed by atoms with van der Waals surface area (Å²) in [4.78, 5) is 16.5. The molecule has 0 saturated heterocycles. The Morgan fingerprint density at radius 2 is 2.11 bits per heavy atom. The molecule has 4 nitrogen and oxygen atoms in total. The Labute approximate surface area is 123 Å². The predicted molar refractivity (Wildman–Crippen MR) is 81.9 cm³/mol. The number of halogens is 1. The summed E-state index contributed by atoms with van der Waals surface area (Å²) in [7, 11) is 0. The van der Waals surface area contributed by atoms with E-state index in [-0.39, 0.29) is 17.2 Å². The predicted octanol–water partition coefficient (Wildman–Crippen LogP) is 3.10. The number of amides is 1. The van der Waals surface area contributed by atoms with Crippen LogP contribution in [-0.2, 0) is 4.79 Å². The number of hydrogen-bond donors (Lipinski definition) is 2. The van der Waals surface area contributed by atoms with Crippen LogP contribution in [0.4, 0.5) is 5.82 Å². The molecule has 0 spiro atoms. The Bertz CT molecular complexity index is 454. The number of nitrogens with one attached hydrogen (secondary N) is 1. The van der Waals surface area contributed by atoms with E-state index in [1.807, 2.05) is 13.0 Å². The zero-order chi connectivity index (χ0) is 14.6. The molecule has 1 heterocycles. The fourth-order valence-electron chi connectivity index (χ4n) is 1.86. The molecule has 1 unspecified atom stereocenters. The summed E-state index contributed by atoms with van der Waals surface area (Å²) in [5.41, 5.74) is 6.62. The number of aryl methyl sites for hydroxylation is 1. The van der Waals surface area contributed by atoms with Gasteiger partial charge in [0.15, 0.2) is 0 Å². The topological polar surface area (TPSA) is 68.0 Å². The van der Waals surface area contributed by atoms with E-state index < -0.39 is 0 Å². The van der Waals surface area contributed by atoms with Gasteiger partial charge in [-0.2, -0.15) is 0 Å². The molecule has 1 atom stereocenters. The van der Waals surface area contributed by atoms with E-state index in [0.717, 1.165) is 16.6 Å². The molecule has 1 aromatic rings. The van der Waals surface area contributed by atoms with Crippen LogP contribution in [0.3, 0.4) is 0 Å². The van der Waals surface area contributed by atoms with Crippen LogP contribution in [0.25, 0.3) is 0 Å². The molecule has 0 bridgehead atoms. The van der Waals surface area contributed by atoms with Gasteiger partial charge in [0.05, 0.1) is 11.6 Å². The normalized spacial score (nSPS) is 13.2. The van der Waals surface area contributed by atoms with Gasteiger partial charge in [-0.05, 0) is 46.8 Å². The number of rotatable bonds is 4. The van der Waals surface area contributed by atoms with Crippen LogP contribution in [0.15, 0.2) is 16.6 Å². The highest BCUT2D eigenvalue weighted by Crippen LogP contribution is 2.25. The summed E-state index contributed by atoms with van der Waals surface area (Å²) in [6, 6.07) is 3.65. The summed E-state index contributed by atoms with van der Waals surface area (Å²) < 4.78 is 0.926. The highest BCUT2D eigenvalue weighted by Gasteiger charge is 2.24. The number of carbonyl (C=O) groups excluding carboxylic acids is 1. The molecule has 0 fully saturated rings. The van der Waals surface area contributed by atoms with Crippen molar-refractivity contribution in [3.8, 4) is 0 Å². The molecule has 1 amide bonds. The summed E-state index contributed by atoms with van der Waals surface area (Å²) >= 11 is 3.38. The second-order valence-corrected chi connectivity index (χ2v) is 6.80. The summed E-state index contributed by atoms with van der Waals surface area (Å²) in [6.45, 7) is 8.54. The first kappa shape index (κ1) is 16.1. The maximum Gasteiger partial charge on any atom is 0.229 e. The minimum atomic E-state index is -0.189. The second kappa shape index (κ2) is 6.48. The minimum absolute atomic E-state index is 0.0633. The van der Waals surface area contributed by atoms with Crippen LogP contribution in [0.1, 0.15) is 32.9 Å². The zero-order valence-electron chi connectivity index (χ0n) is 12.0. The SMILES string of the molecule is Cc1nc(NC(=O)C(CN)CC(C)(C)C)ccc1Br. The first-order chi connectivity index (χ1) is 8.73. The molecule has 1 aromatic heterocycles. The van der Waals surface area contributed by atoms with Crippen LogP contribution >= 0.6 is 15.9 Å². The fraction of sp³-hybridized carbons (Fsp3) is 0.571. The van der Waals surface area contributed by atoms with Gasteiger partial charge in [-0.15, -0.1) is 0 Å². The van der Waals surface area contributed by atoms with Crippen molar-refractivity contribution in [1.82, 2.24) is 4.98 Å². The van der Waals surface area contributed by atoms with Crippen LogP contribution in [0, 0.1) is 18.3 Å². The van der Waals surface area contributed by atoms with Crippen molar-refractivity contribution in [3.05, 3.63) is 22.3 Å². The fourth-order valence-corrected chi connectivity index (χ4v) is 2.09. The largest absolute Gasteiger partial charge is 0.330 e. The van der Waals surface area contributed by atoms with Crippen molar-refractivity contribution in [2.75, 3.05) is 11.9 Å². The van der Waals surface area contributed by atoms with Gasteiger partial charge < -0.3 is 11.1 Å². The number of aromatic nitrogens is 1. The number of carbonyl (C=O) groups is 1. The number of nitrogens with two attached hydrogens (primary N) is 1. The number of nitrogens with zero attached hydrogens (tertiary/aromatic N) is 1. The van der Waals surface area contributed by atoms with E-state index >= 15 is 0 Å². The van der Waals surface area contributed by atoms with Crippen LogP contribution < -0.4 is 11.1 Å². The summed E-state index contributed by atoms with van der Waals surface area (Å²) in [5.74, 6) is 0.315. The van der Waals surface area contributed by atoms with Gasteiger partial charge in [0.25, 0.3) is 0 Å². The molecule has 0 saturated carbocycles. The molecule has 106 valence electrons. The average molecular weight is 328 g/mol. The van der Waals surface area contributed by atoms with Gasteiger partial charge in [-0.1, -0.05) is 20.8 Å². The molecule has 0 aliphatic heterocycles. The number of anilines is 1. The third kappa shape index (κ3) is 5.28. The summed E-state index contributed by atoms with van der Waals surface area (Å²) in [5, 5.41) is 2.83. The van der Waals surface area contributed by atoms with E-state index in [1.54, 1.807) is 6.07 Å². The lowest BCUT2D eigenvalue weighted by Crippen LogP contribution is -2.32. The van der Waals surface area contributed by atoms with Crippen molar-refractivity contribution < 1.29 is 4.79 Å². The highest BCUT2D eigenvalue weighted by atomic mass is 79.9. The van der Waals surface area contributed by atoms with Gasteiger partial charge in [0.1, 0.15) is 5.82 Å². The first-order valence-corrected chi connectivity index (χ1v) is 7.16. The third-order valence-electron chi connectivity index (χ3n) is 2.79. The summed E-state index contributed by atoms with van der Waals surface area (Å²) in [6.07, 6.45) is 0.755. The second-order valence-electron chi connectivity index (χ2n) is 5.95. The number of hydrogen-bond acceptors (Lipinski definition) is 3. The molecule has 1 rings (SSSR count). The van der Waals surface area contributed by atoms with Crippen molar-refractivity contribution >= 4 is 27.7 Å². The van der Waals surface area contributed by atoms with Crippen molar-refractivity contribution in [2.24, 2.45) is 17.1 Å². The first-order valence-electron chi connectivity index (χ1n) is 6.37. The smallest absolute Gasteiger partial charge is 0.229 e. The van der Waals surface area contributed by atoms with E-state index in [9.17, 15) is 4.79 Å². The van der Waals surface area contributed by atoms with Crippen molar-refractivity contribution in [3.63, 3.8) is 0 Å². The molecule has 0 aliphatic carbocycles. The number of pyridine rings is 1. The molecular weight excluding hydrogens is 306 g/mol. The van der Waals surface area contributed by atoms with Crippen LogP contribution in [0.2, 0.25) is 0 Å². The Kier molecular flexibility index (Phi) is 5.50. The van der Waals surface area contributed by atoms with E-state index in [0.29, 0.717) is 12.4 Å². The van der Waals surface area contributed by atoms with Crippen LogP contribution in [0.5, 0.6) is 0 Å². The molecule has 0 aliphatic rings. The maximum absolute atomic E-state index is 12.2. The Hall–Kier alpha value is -0.940. The van der Waals surface area contributed by atoms with Gasteiger partial charge in [0.2, 0.25) is 5.91 Å². The van der Waals surface area contributed by atoms with Gasteiger partial charge in [-0.25, -0.2) is 4.98 Å². The standard InChI is InChI=1S/C14H22BrN3O/c1-9-11(15)5-6-12(17-9)18-13(19)10(8-16)7-14(2,3)4/h5-6,10H,7-8,16H2,1-4H3,(H,17,18,19). The lowest BCUT2D eigenvalue weighted by molar-refractivity contribution is -0.120. The molecule has 0 radical (unpaired) electrons. The molecule has 3 N–H and O–H groups in total. The zero-order valence-corrected chi connectivity index (χ0v) is 13.5. The lowest BCUT2D eigenvalue weighted by atomic mass is 9.84. The Balaban J connectivity index is 2.74. The van der Waals surface area contributed by atoms with E-state index in [2.05, 4.69) is 47.0 Å². The quantitative estimate of drug-likeness (QED) is 0.892. The minimum Gasteiger partial charge on any atom is -0.330 e. The highest BCUT2D eigenvalue weighted by molar-refractivity contribution is 9.10. The molecule has 5 heteroatoms. The van der Waals surface area contributed by atoms with Crippen LogP contribution in [-0.4, -0.2) is 17.4 Å². The lowest BCUT2D eigenvalue weighted by Gasteiger charge is -2.24. The Morgan fingerprint density at radius 1 is 1.47 bits per heavy atom. The molecule has 19 heavy (non-hydrogen) atoms. The average Bonchev–Trinajstić information content (AvgIpc) is 2.29. The van der Waals surface area contributed by atoms with Gasteiger partial charge >= 0.3 is 0 Å². The van der Waals surface area contributed by atoms with Gasteiger partial charge in [-0.3, -0.25) is 4.79 Å². The van der Waals surface area contributed by atoms with Crippen molar-refractivity contribution in [1.29, 1.82) is 0 Å². The third-order valence-corrected chi connectivity index (χ3v) is 3.62. The van der Waals surface area contributed by atoms with E-state index in [4.69, 9.17) is 5.73 Å². The maximum atomic E-state index is 12.2. The van der Waals surface area contributed by atoms with E-state index in [1.165, 1.54) is 0 Å². The van der Waals surface area contributed by atoms with Gasteiger partial charge in [0, 0.05) is 11.0 Å². The van der Waals surface area contributed by atoms with Crippen molar-refractivity contribution in [2.45, 2.75) is 34.1 Å².